The Kier molecular flexibility index (Phi) is 5.29. The molecule has 3 nitrogen and oxygen atoms in total. The van der Waals surface area contributed by atoms with Gasteiger partial charge in [0.2, 0.25) is 0 Å². The summed E-state index contributed by atoms with van der Waals surface area (Å²) in [5.74, 6) is 2.24. The number of aliphatic hydroxyl groups excluding tert-OH is 1. The third-order valence-corrected chi connectivity index (χ3v) is 2.68. The summed E-state index contributed by atoms with van der Waals surface area (Å²) in [4.78, 5) is 0. The topological polar surface area (TPSA) is 38.7 Å². The van der Waals surface area contributed by atoms with Crippen molar-refractivity contribution in [3.05, 3.63) is 23.3 Å². The summed E-state index contributed by atoms with van der Waals surface area (Å²) in [6.07, 6.45) is 1.54. The molecular formula is C14H22O3. The van der Waals surface area contributed by atoms with Gasteiger partial charge in [0.15, 0.2) is 0 Å². The van der Waals surface area contributed by atoms with Crippen molar-refractivity contribution in [3.63, 3.8) is 0 Å². The monoisotopic (exact) mass is 238 g/mol. The van der Waals surface area contributed by atoms with Gasteiger partial charge >= 0.3 is 0 Å². The first-order chi connectivity index (χ1) is 8.12. The molecule has 0 amide bonds. The third kappa shape index (κ3) is 3.63. The van der Waals surface area contributed by atoms with E-state index in [0.717, 1.165) is 29.0 Å². The van der Waals surface area contributed by atoms with Gasteiger partial charge in [0.05, 0.1) is 14.2 Å². The molecule has 0 aliphatic rings. The van der Waals surface area contributed by atoms with Crippen LogP contribution in [0.15, 0.2) is 12.1 Å². The summed E-state index contributed by atoms with van der Waals surface area (Å²) in [6.45, 7) is 4.47. The Morgan fingerprint density at radius 1 is 1.12 bits per heavy atom. The lowest BCUT2D eigenvalue weighted by atomic mass is 9.98. The Morgan fingerprint density at radius 3 is 2.00 bits per heavy atom. The predicted octanol–water partition coefficient (Wildman–Crippen LogP) is 2.44. The van der Waals surface area contributed by atoms with Crippen LogP contribution in [0.1, 0.15) is 25.0 Å². The van der Waals surface area contributed by atoms with E-state index in [4.69, 9.17) is 14.6 Å². The number of hydrogen-bond donors (Lipinski definition) is 1. The average molecular weight is 238 g/mol. The van der Waals surface area contributed by atoms with Gasteiger partial charge in [-0.2, -0.15) is 0 Å². The maximum absolute atomic E-state index is 8.98. The number of benzene rings is 1. The lowest BCUT2D eigenvalue weighted by Gasteiger charge is -2.16. The van der Waals surface area contributed by atoms with Crippen LogP contribution >= 0.6 is 0 Å². The Morgan fingerprint density at radius 2 is 1.65 bits per heavy atom. The zero-order valence-corrected chi connectivity index (χ0v) is 11.1. The summed E-state index contributed by atoms with van der Waals surface area (Å²) >= 11 is 0. The molecule has 0 radical (unpaired) electrons. The maximum Gasteiger partial charge on any atom is 0.126 e. The number of methoxy groups -OCH3 is 2. The molecule has 0 saturated carbocycles. The highest BCUT2D eigenvalue weighted by molar-refractivity contribution is 5.48. The molecule has 1 aromatic rings. The molecule has 1 rings (SSSR count). The molecule has 0 aliphatic heterocycles. The fourth-order valence-corrected chi connectivity index (χ4v) is 1.92. The van der Waals surface area contributed by atoms with E-state index in [9.17, 15) is 0 Å². The van der Waals surface area contributed by atoms with Gasteiger partial charge in [-0.15, -0.1) is 0 Å². The van der Waals surface area contributed by atoms with Crippen molar-refractivity contribution in [1.82, 2.24) is 0 Å². The van der Waals surface area contributed by atoms with E-state index < -0.39 is 0 Å². The van der Waals surface area contributed by atoms with E-state index in [1.54, 1.807) is 14.2 Å². The summed E-state index contributed by atoms with van der Waals surface area (Å²) < 4.78 is 10.8. The van der Waals surface area contributed by atoms with E-state index in [1.807, 2.05) is 12.1 Å². The number of ether oxygens (including phenoxy) is 2. The molecule has 0 bridgehead atoms. The molecule has 0 fully saturated rings. The van der Waals surface area contributed by atoms with Gasteiger partial charge in [-0.05, 0) is 36.5 Å². The van der Waals surface area contributed by atoms with Crippen LogP contribution in [0.5, 0.6) is 11.5 Å². The first-order valence-corrected chi connectivity index (χ1v) is 5.97. The first-order valence-electron chi connectivity index (χ1n) is 5.97. The van der Waals surface area contributed by atoms with E-state index in [0.29, 0.717) is 12.3 Å². The van der Waals surface area contributed by atoms with Gasteiger partial charge in [0.1, 0.15) is 11.5 Å². The second-order valence-electron chi connectivity index (χ2n) is 4.55. The van der Waals surface area contributed by atoms with Gasteiger partial charge < -0.3 is 14.6 Å². The number of aliphatic hydroxyl groups is 1. The Hall–Kier alpha value is -1.22. The molecule has 1 aromatic carbocycles. The summed E-state index contributed by atoms with van der Waals surface area (Å²) in [6, 6.07) is 3.97. The second-order valence-corrected chi connectivity index (χ2v) is 4.55. The van der Waals surface area contributed by atoms with Gasteiger partial charge in [-0.3, -0.25) is 0 Å². The van der Waals surface area contributed by atoms with E-state index in [2.05, 4.69) is 13.8 Å². The molecule has 0 aromatic heterocycles. The quantitative estimate of drug-likeness (QED) is 0.827. The molecule has 17 heavy (non-hydrogen) atoms. The molecule has 3 heteroatoms. The van der Waals surface area contributed by atoms with E-state index >= 15 is 0 Å². The SMILES string of the molecule is COc1cc(CCO)cc(OC)c1CC(C)C. The predicted molar refractivity (Wildman–Crippen MR) is 68.9 cm³/mol. The Bertz CT molecular complexity index is 333. The van der Waals surface area contributed by atoms with Crippen LogP contribution in [-0.4, -0.2) is 25.9 Å². The van der Waals surface area contributed by atoms with Crippen LogP contribution in [0.25, 0.3) is 0 Å². The molecule has 0 aliphatic carbocycles. The largest absolute Gasteiger partial charge is 0.496 e. The normalized spacial score (nSPS) is 10.7. The minimum atomic E-state index is 0.135. The molecule has 0 heterocycles. The fourth-order valence-electron chi connectivity index (χ4n) is 1.92. The standard InChI is InChI=1S/C14H22O3/c1-10(2)7-12-13(16-3)8-11(5-6-15)9-14(12)17-4/h8-10,15H,5-7H2,1-4H3. The lowest BCUT2D eigenvalue weighted by molar-refractivity contribution is 0.299. The van der Waals surface area contributed by atoms with Crippen LogP contribution in [0.4, 0.5) is 0 Å². The highest BCUT2D eigenvalue weighted by Crippen LogP contribution is 2.32. The number of hydrogen-bond acceptors (Lipinski definition) is 3. The third-order valence-electron chi connectivity index (χ3n) is 2.68. The summed E-state index contributed by atoms with van der Waals surface area (Å²) in [5, 5.41) is 8.98. The molecule has 0 unspecified atom stereocenters. The van der Waals surface area contributed by atoms with Crippen LogP contribution in [0.3, 0.4) is 0 Å². The highest BCUT2D eigenvalue weighted by Gasteiger charge is 2.13. The van der Waals surface area contributed by atoms with Crippen molar-refractivity contribution in [3.8, 4) is 11.5 Å². The van der Waals surface area contributed by atoms with Crippen molar-refractivity contribution >= 4 is 0 Å². The Balaban J connectivity index is 3.16. The van der Waals surface area contributed by atoms with Crippen molar-refractivity contribution in [2.24, 2.45) is 5.92 Å². The second kappa shape index (κ2) is 6.50. The summed E-state index contributed by atoms with van der Waals surface area (Å²) in [7, 11) is 3.34. The van der Waals surface area contributed by atoms with Crippen molar-refractivity contribution in [2.75, 3.05) is 20.8 Å². The van der Waals surface area contributed by atoms with Crippen LogP contribution in [-0.2, 0) is 12.8 Å². The molecule has 0 atom stereocenters. The Labute approximate surface area is 103 Å². The molecular weight excluding hydrogens is 216 g/mol. The smallest absolute Gasteiger partial charge is 0.126 e. The van der Waals surface area contributed by atoms with Gasteiger partial charge in [0.25, 0.3) is 0 Å². The lowest BCUT2D eigenvalue weighted by Crippen LogP contribution is -2.03. The highest BCUT2D eigenvalue weighted by atomic mass is 16.5. The molecule has 0 spiro atoms. The minimum absolute atomic E-state index is 0.135. The zero-order valence-electron chi connectivity index (χ0n) is 11.1. The average Bonchev–Trinajstić information content (AvgIpc) is 2.30. The molecule has 96 valence electrons. The van der Waals surface area contributed by atoms with Crippen LogP contribution in [0, 0.1) is 5.92 Å². The van der Waals surface area contributed by atoms with Crippen molar-refractivity contribution < 1.29 is 14.6 Å². The molecule has 0 saturated heterocycles. The van der Waals surface area contributed by atoms with Crippen molar-refractivity contribution in [1.29, 1.82) is 0 Å². The number of rotatable bonds is 6. The zero-order chi connectivity index (χ0) is 12.8. The van der Waals surface area contributed by atoms with Crippen LogP contribution in [0.2, 0.25) is 0 Å². The van der Waals surface area contributed by atoms with E-state index in [1.165, 1.54) is 0 Å². The van der Waals surface area contributed by atoms with Crippen LogP contribution < -0.4 is 9.47 Å². The maximum atomic E-state index is 8.98. The van der Waals surface area contributed by atoms with Gasteiger partial charge in [0, 0.05) is 12.2 Å². The summed E-state index contributed by atoms with van der Waals surface area (Å²) in [5.41, 5.74) is 2.14. The van der Waals surface area contributed by atoms with Crippen molar-refractivity contribution in [2.45, 2.75) is 26.7 Å². The van der Waals surface area contributed by atoms with Gasteiger partial charge in [-0.1, -0.05) is 13.8 Å². The molecule has 1 N–H and O–H groups in total. The van der Waals surface area contributed by atoms with Gasteiger partial charge in [-0.25, -0.2) is 0 Å². The fraction of sp³-hybridized carbons (Fsp3) is 0.571. The first kappa shape index (κ1) is 13.8. The van der Waals surface area contributed by atoms with E-state index in [-0.39, 0.29) is 6.61 Å². The minimum Gasteiger partial charge on any atom is -0.496 e.